The Bertz CT molecular complexity index is 565. The van der Waals surface area contributed by atoms with Crippen molar-refractivity contribution in [2.75, 3.05) is 20.1 Å². The topological polar surface area (TPSA) is 27.6 Å². The fourth-order valence-corrected chi connectivity index (χ4v) is 2.77. The van der Waals surface area contributed by atoms with Gasteiger partial charge < -0.3 is 10.2 Å². The number of benzene rings is 1. The van der Waals surface area contributed by atoms with Crippen LogP contribution in [-0.4, -0.2) is 36.5 Å². The minimum absolute atomic E-state index is 0. The molecule has 0 amide bonds. The van der Waals surface area contributed by atoms with Crippen LogP contribution in [0.25, 0.3) is 0 Å². The first-order valence-electron chi connectivity index (χ1n) is 7.60. The first kappa shape index (κ1) is 20.1. The molecule has 23 heavy (non-hydrogen) atoms. The van der Waals surface area contributed by atoms with Gasteiger partial charge in [0.05, 0.1) is 0 Å². The maximum atomic E-state index is 13.2. The highest BCUT2D eigenvalue weighted by atomic mass is 127. The largest absolute Gasteiger partial charge is 0.356 e. The third-order valence-corrected chi connectivity index (χ3v) is 4.97. The van der Waals surface area contributed by atoms with E-state index in [1.165, 1.54) is 12.1 Å². The zero-order valence-corrected chi connectivity index (χ0v) is 16.7. The van der Waals surface area contributed by atoms with Gasteiger partial charge in [-0.2, -0.15) is 0 Å². The standard InChI is InChI=1S/C17H25F2N3.HI/c1-16(2)11-22(17(16,3)4)15(20-5)21-7-6-12-8-13(18)10-14(19)9-12;/h8-10H,6-7,11H2,1-5H3,(H,20,21);1H. The molecule has 0 atom stereocenters. The Labute approximate surface area is 154 Å². The second-order valence-electron chi connectivity index (χ2n) is 7.03. The fraction of sp³-hybridized carbons (Fsp3) is 0.588. The van der Waals surface area contributed by atoms with Crippen LogP contribution in [0.4, 0.5) is 8.78 Å². The first-order chi connectivity index (χ1) is 10.2. The highest BCUT2D eigenvalue weighted by Crippen LogP contribution is 2.46. The number of nitrogens with zero attached hydrogens (tertiary/aromatic N) is 2. The SMILES string of the molecule is CN=C(NCCc1cc(F)cc(F)c1)N1CC(C)(C)C1(C)C.I. The molecular weight excluding hydrogens is 411 g/mol. The van der Waals surface area contributed by atoms with E-state index in [0.29, 0.717) is 18.5 Å². The minimum Gasteiger partial charge on any atom is -0.356 e. The van der Waals surface area contributed by atoms with E-state index in [1.54, 1.807) is 7.05 Å². The lowest BCUT2D eigenvalue weighted by molar-refractivity contribution is -0.0666. The van der Waals surface area contributed by atoms with Crippen LogP contribution in [0.1, 0.15) is 33.3 Å². The molecule has 1 heterocycles. The Morgan fingerprint density at radius 3 is 2.17 bits per heavy atom. The van der Waals surface area contributed by atoms with E-state index in [9.17, 15) is 8.78 Å². The van der Waals surface area contributed by atoms with Gasteiger partial charge in [-0.25, -0.2) is 8.78 Å². The molecule has 1 aliphatic rings. The quantitative estimate of drug-likeness (QED) is 0.443. The Hall–Kier alpha value is -0.920. The van der Waals surface area contributed by atoms with Crippen LogP contribution in [0.2, 0.25) is 0 Å². The van der Waals surface area contributed by atoms with E-state index in [1.807, 2.05) is 0 Å². The number of likely N-dealkylation sites (tertiary alicyclic amines) is 1. The van der Waals surface area contributed by atoms with Crippen molar-refractivity contribution in [3.05, 3.63) is 35.4 Å². The van der Waals surface area contributed by atoms with Crippen molar-refractivity contribution < 1.29 is 8.78 Å². The van der Waals surface area contributed by atoms with Gasteiger partial charge in [0.2, 0.25) is 0 Å². The van der Waals surface area contributed by atoms with Crippen LogP contribution < -0.4 is 5.32 Å². The maximum absolute atomic E-state index is 13.2. The fourth-order valence-electron chi connectivity index (χ4n) is 2.77. The molecule has 1 fully saturated rings. The van der Waals surface area contributed by atoms with E-state index in [-0.39, 0.29) is 34.9 Å². The molecule has 1 saturated heterocycles. The van der Waals surface area contributed by atoms with E-state index in [0.717, 1.165) is 18.6 Å². The van der Waals surface area contributed by atoms with Crippen molar-refractivity contribution in [1.29, 1.82) is 0 Å². The number of nitrogens with one attached hydrogen (secondary N) is 1. The number of halogens is 3. The van der Waals surface area contributed by atoms with Crippen LogP contribution >= 0.6 is 24.0 Å². The van der Waals surface area contributed by atoms with Crippen LogP contribution in [0.3, 0.4) is 0 Å². The summed E-state index contributed by atoms with van der Waals surface area (Å²) in [6.07, 6.45) is 0.547. The lowest BCUT2D eigenvalue weighted by Gasteiger charge is -2.62. The lowest BCUT2D eigenvalue weighted by atomic mass is 9.65. The van der Waals surface area contributed by atoms with Gasteiger partial charge in [0, 0.05) is 37.2 Å². The molecule has 0 aromatic heterocycles. The van der Waals surface area contributed by atoms with Crippen molar-refractivity contribution in [3.8, 4) is 0 Å². The van der Waals surface area contributed by atoms with Gasteiger partial charge in [-0.15, -0.1) is 24.0 Å². The number of hydrogen-bond donors (Lipinski definition) is 1. The second-order valence-corrected chi connectivity index (χ2v) is 7.03. The van der Waals surface area contributed by atoms with Gasteiger partial charge in [-0.3, -0.25) is 4.99 Å². The molecule has 130 valence electrons. The summed E-state index contributed by atoms with van der Waals surface area (Å²) in [6, 6.07) is 3.62. The molecule has 6 heteroatoms. The van der Waals surface area contributed by atoms with Crippen LogP contribution in [0.15, 0.2) is 23.2 Å². The summed E-state index contributed by atoms with van der Waals surface area (Å²) in [6.45, 7) is 10.4. The summed E-state index contributed by atoms with van der Waals surface area (Å²) in [4.78, 5) is 6.56. The summed E-state index contributed by atoms with van der Waals surface area (Å²) in [5.41, 5.74) is 0.902. The maximum Gasteiger partial charge on any atom is 0.194 e. The van der Waals surface area contributed by atoms with Gasteiger partial charge >= 0.3 is 0 Å². The number of hydrogen-bond acceptors (Lipinski definition) is 1. The van der Waals surface area contributed by atoms with E-state index < -0.39 is 11.6 Å². The Kier molecular flexibility index (Phi) is 6.40. The summed E-state index contributed by atoms with van der Waals surface area (Å²) in [5, 5.41) is 3.28. The average Bonchev–Trinajstić information content (AvgIpc) is 2.40. The van der Waals surface area contributed by atoms with Gasteiger partial charge in [0.1, 0.15) is 11.6 Å². The lowest BCUT2D eigenvalue weighted by Crippen LogP contribution is -2.72. The van der Waals surface area contributed by atoms with Crippen LogP contribution in [-0.2, 0) is 6.42 Å². The predicted molar refractivity (Wildman–Crippen MR) is 101 cm³/mol. The number of aliphatic imine (C=N–C) groups is 1. The third kappa shape index (κ3) is 4.14. The number of rotatable bonds is 3. The van der Waals surface area contributed by atoms with Crippen molar-refractivity contribution in [2.24, 2.45) is 10.4 Å². The minimum atomic E-state index is -0.537. The molecule has 2 rings (SSSR count). The highest BCUT2D eigenvalue weighted by Gasteiger charge is 2.53. The summed E-state index contributed by atoms with van der Waals surface area (Å²) in [7, 11) is 1.76. The molecule has 0 saturated carbocycles. The molecule has 0 unspecified atom stereocenters. The highest BCUT2D eigenvalue weighted by molar-refractivity contribution is 14.0. The van der Waals surface area contributed by atoms with Gasteiger partial charge in [-0.1, -0.05) is 13.8 Å². The van der Waals surface area contributed by atoms with Crippen LogP contribution in [0.5, 0.6) is 0 Å². The second kappa shape index (κ2) is 7.32. The first-order valence-corrected chi connectivity index (χ1v) is 7.60. The monoisotopic (exact) mass is 437 g/mol. The summed E-state index contributed by atoms with van der Waals surface area (Å²) < 4.78 is 26.3. The van der Waals surface area contributed by atoms with Gasteiger partial charge in [0.25, 0.3) is 0 Å². The smallest absolute Gasteiger partial charge is 0.194 e. The summed E-state index contributed by atoms with van der Waals surface area (Å²) in [5.74, 6) is -0.240. The average molecular weight is 437 g/mol. The molecule has 3 nitrogen and oxygen atoms in total. The Morgan fingerprint density at radius 2 is 1.74 bits per heavy atom. The zero-order valence-electron chi connectivity index (χ0n) is 14.4. The van der Waals surface area contributed by atoms with E-state index in [2.05, 4.69) is 42.9 Å². The molecule has 1 aliphatic heterocycles. The van der Waals surface area contributed by atoms with Crippen LogP contribution in [0, 0.1) is 17.0 Å². The van der Waals surface area contributed by atoms with Crippen molar-refractivity contribution in [2.45, 2.75) is 39.7 Å². The normalized spacial score (nSPS) is 18.9. The van der Waals surface area contributed by atoms with Crippen molar-refractivity contribution in [3.63, 3.8) is 0 Å². The third-order valence-electron chi connectivity index (χ3n) is 4.97. The summed E-state index contributed by atoms with van der Waals surface area (Å²) >= 11 is 0. The molecule has 0 spiro atoms. The van der Waals surface area contributed by atoms with E-state index >= 15 is 0 Å². The molecule has 0 aliphatic carbocycles. The van der Waals surface area contributed by atoms with Crippen molar-refractivity contribution >= 4 is 29.9 Å². The van der Waals surface area contributed by atoms with Gasteiger partial charge in [-0.05, 0) is 38.0 Å². The predicted octanol–water partition coefficient (Wildman–Crippen LogP) is 3.82. The number of guanidine groups is 1. The molecule has 1 N–H and O–H groups in total. The zero-order chi connectivity index (χ0) is 16.5. The molecule has 0 bridgehead atoms. The Balaban J connectivity index is 0.00000264. The molecular formula is C17H26F2IN3. The van der Waals surface area contributed by atoms with Crippen molar-refractivity contribution in [1.82, 2.24) is 10.2 Å². The van der Waals surface area contributed by atoms with Gasteiger partial charge in [0.15, 0.2) is 5.96 Å². The molecule has 1 aromatic rings. The molecule has 1 aromatic carbocycles. The Morgan fingerprint density at radius 1 is 1.17 bits per heavy atom. The van der Waals surface area contributed by atoms with E-state index in [4.69, 9.17) is 0 Å². The molecule has 0 radical (unpaired) electrons.